The highest BCUT2D eigenvalue weighted by Gasteiger charge is 2.25. The van der Waals surface area contributed by atoms with Crippen LogP contribution in [0.25, 0.3) is 0 Å². The summed E-state index contributed by atoms with van der Waals surface area (Å²) in [6.07, 6.45) is 4.97. The number of hydrogen-bond acceptors (Lipinski definition) is 3. The van der Waals surface area contributed by atoms with Gasteiger partial charge in [-0.25, -0.2) is 4.98 Å². The van der Waals surface area contributed by atoms with Crippen molar-refractivity contribution in [2.45, 2.75) is 31.7 Å². The highest BCUT2D eigenvalue weighted by molar-refractivity contribution is 6.29. The number of aliphatic carboxylic acids is 1. The van der Waals surface area contributed by atoms with Crippen molar-refractivity contribution in [3.8, 4) is 0 Å². The highest BCUT2D eigenvalue weighted by Crippen LogP contribution is 2.26. The molecule has 2 rings (SSSR count). The lowest BCUT2D eigenvalue weighted by Gasteiger charge is -2.27. The topological polar surface area (TPSA) is 62.2 Å². The zero-order valence-corrected chi connectivity index (χ0v) is 10.2. The minimum absolute atomic E-state index is 0.170. The van der Waals surface area contributed by atoms with Gasteiger partial charge in [0.1, 0.15) is 5.15 Å². The molecular formula is C12H15ClN2O2. The van der Waals surface area contributed by atoms with Crippen molar-refractivity contribution in [3.63, 3.8) is 0 Å². The van der Waals surface area contributed by atoms with Crippen molar-refractivity contribution in [3.05, 3.63) is 23.5 Å². The third kappa shape index (κ3) is 3.33. The van der Waals surface area contributed by atoms with Crippen LogP contribution >= 0.6 is 11.6 Å². The highest BCUT2D eigenvalue weighted by atomic mass is 35.5. The van der Waals surface area contributed by atoms with Crippen LogP contribution in [-0.4, -0.2) is 22.1 Å². The van der Waals surface area contributed by atoms with E-state index in [1.807, 2.05) is 6.07 Å². The molecule has 1 heterocycles. The van der Waals surface area contributed by atoms with Crippen LogP contribution in [0.3, 0.4) is 0 Å². The number of carbonyl (C=O) groups is 1. The lowest BCUT2D eigenvalue weighted by Crippen LogP contribution is -2.29. The van der Waals surface area contributed by atoms with Gasteiger partial charge in [-0.3, -0.25) is 4.79 Å². The van der Waals surface area contributed by atoms with Gasteiger partial charge in [0.15, 0.2) is 0 Å². The van der Waals surface area contributed by atoms with Gasteiger partial charge in [-0.1, -0.05) is 11.6 Å². The molecule has 0 bridgehead atoms. The molecule has 1 fully saturated rings. The van der Waals surface area contributed by atoms with Crippen molar-refractivity contribution in [2.75, 3.05) is 5.32 Å². The summed E-state index contributed by atoms with van der Waals surface area (Å²) in [5, 5.41) is 12.7. The Bertz CT molecular complexity index is 386. The predicted molar refractivity (Wildman–Crippen MR) is 66.3 cm³/mol. The molecule has 0 radical (unpaired) electrons. The molecule has 0 spiro atoms. The van der Waals surface area contributed by atoms with Gasteiger partial charge in [0, 0.05) is 6.04 Å². The largest absolute Gasteiger partial charge is 0.481 e. The number of carboxylic acid groups (broad SMARTS) is 1. The van der Waals surface area contributed by atoms with E-state index in [0.29, 0.717) is 11.2 Å². The monoisotopic (exact) mass is 254 g/mol. The van der Waals surface area contributed by atoms with E-state index in [1.54, 1.807) is 12.3 Å². The lowest BCUT2D eigenvalue weighted by atomic mass is 9.86. The van der Waals surface area contributed by atoms with Gasteiger partial charge in [-0.2, -0.15) is 0 Å². The van der Waals surface area contributed by atoms with Crippen molar-refractivity contribution in [2.24, 2.45) is 5.92 Å². The van der Waals surface area contributed by atoms with E-state index in [9.17, 15) is 4.79 Å². The molecule has 4 nitrogen and oxygen atoms in total. The summed E-state index contributed by atoms with van der Waals surface area (Å²) in [5.74, 6) is -0.840. The summed E-state index contributed by atoms with van der Waals surface area (Å²) in [6, 6.07) is 3.97. The Morgan fingerprint density at radius 3 is 2.59 bits per heavy atom. The van der Waals surface area contributed by atoms with Crippen LogP contribution in [0.2, 0.25) is 5.15 Å². The summed E-state index contributed by atoms with van der Waals surface area (Å²) in [7, 11) is 0. The van der Waals surface area contributed by atoms with Crippen molar-refractivity contribution in [1.29, 1.82) is 0 Å². The number of carboxylic acids is 1. The first-order chi connectivity index (χ1) is 8.15. The Labute approximate surface area is 105 Å². The van der Waals surface area contributed by atoms with Gasteiger partial charge in [-0.05, 0) is 37.8 Å². The predicted octanol–water partition coefficient (Wildman–Crippen LogP) is 2.79. The molecule has 1 aromatic rings. The molecule has 92 valence electrons. The first-order valence-electron chi connectivity index (χ1n) is 5.76. The standard InChI is InChI=1S/C12H15ClN2O2/c13-11-6-5-10(7-14-11)15-9-3-1-8(2-4-9)12(16)17/h5-9,15H,1-4H2,(H,16,17). The molecule has 0 aromatic carbocycles. The second-order valence-corrected chi connectivity index (χ2v) is 4.79. The second-order valence-electron chi connectivity index (χ2n) is 4.40. The molecule has 1 aliphatic carbocycles. The lowest BCUT2D eigenvalue weighted by molar-refractivity contribution is -0.142. The summed E-state index contributed by atoms with van der Waals surface area (Å²) in [6.45, 7) is 0. The van der Waals surface area contributed by atoms with Crippen LogP contribution in [0.4, 0.5) is 5.69 Å². The van der Waals surface area contributed by atoms with E-state index in [-0.39, 0.29) is 5.92 Å². The normalized spacial score (nSPS) is 24.3. The minimum Gasteiger partial charge on any atom is -0.481 e. The number of pyridine rings is 1. The molecule has 0 saturated heterocycles. The van der Waals surface area contributed by atoms with Crippen molar-refractivity contribution >= 4 is 23.3 Å². The molecular weight excluding hydrogens is 240 g/mol. The molecule has 0 unspecified atom stereocenters. The zero-order chi connectivity index (χ0) is 12.3. The maximum atomic E-state index is 10.8. The van der Waals surface area contributed by atoms with E-state index < -0.39 is 5.97 Å². The molecule has 1 aliphatic rings. The number of aromatic nitrogens is 1. The van der Waals surface area contributed by atoms with Crippen molar-refractivity contribution in [1.82, 2.24) is 4.98 Å². The fourth-order valence-electron chi connectivity index (χ4n) is 2.18. The summed E-state index contributed by atoms with van der Waals surface area (Å²) in [5.41, 5.74) is 0.938. The number of nitrogens with one attached hydrogen (secondary N) is 1. The first kappa shape index (κ1) is 12.2. The Hall–Kier alpha value is -1.29. The molecule has 1 aromatic heterocycles. The van der Waals surface area contributed by atoms with Gasteiger partial charge in [0.25, 0.3) is 0 Å². The van der Waals surface area contributed by atoms with Gasteiger partial charge in [0.2, 0.25) is 0 Å². The van der Waals surface area contributed by atoms with Gasteiger partial charge >= 0.3 is 5.97 Å². The third-order valence-corrected chi connectivity index (χ3v) is 3.40. The maximum absolute atomic E-state index is 10.8. The van der Waals surface area contributed by atoms with E-state index in [4.69, 9.17) is 16.7 Å². The van der Waals surface area contributed by atoms with Gasteiger partial charge < -0.3 is 10.4 Å². The van der Waals surface area contributed by atoms with E-state index >= 15 is 0 Å². The molecule has 5 heteroatoms. The van der Waals surface area contributed by atoms with Crippen molar-refractivity contribution < 1.29 is 9.90 Å². The summed E-state index contributed by atoms with van der Waals surface area (Å²) in [4.78, 5) is 14.8. The fourth-order valence-corrected chi connectivity index (χ4v) is 2.29. The third-order valence-electron chi connectivity index (χ3n) is 3.17. The molecule has 0 aliphatic heterocycles. The van der Waals surface area contributed by atoms with Crippen LogP contribution in [-0.2, 0) is 4.79 Å². The Balaban J connectivity index is 1.85. The van der Waals surface area contributed by atoms with E-state index in [2.05, 4.69) is 10.3 Å². The zero-order valence-electron chi connectivity index (χ0n) is 9.40. The van der Waals surface area contributed by atoms with Gasteiger partial charge in [0.05, 0.1) is 17.8 Å². The van der Waals surface area contributed by atoms with Gasteiger partial charge in [-0.15, -0.1) is 0 Å². The maximum Gasteiger partial charge on any atom is 0.306 e. The molecule has 0 atom stereocenters. The number of hydrogen-bond donors (Lipinski definition) is 2. The molecule has 1 saturated carbocycles. The number of nitrogens with zero attached hydrogens (tertiary/aromatic N) is 1. The Morgan fingerprint density at radius 2 is 2.06 bits per heavy atom. The average Bonchev–Trinajstić information content (AvgIpc) is 2.33. The van der Waals surface area contributed by atoms with Crippen LogP contribution in [0, 0.1) is 5.92 Å². The number of rotatable bonds is 3. The minimum atomic E-state index is -0.670. The second kappa shape index (κ2) is 5.36. The Kier molecular flexibility index (Phi) is 3.84. The average molecular weight is 255 g/mol. The molecule has 2 N–H and O–H groups in total. The first-order valence-corrected chi connectivity index (χ1v) is 6.14. The van der Waals surface area contributed by atoms with Crippen LogP contribution in [0.5, 0.6) is 0 Å². The van der Waals surface area contributed by atoms with Crippen LogP contribution < -0.4 is 5.32 Å². The van der Waals surface area contributed by atoms with E-state index in [0.717, 1.165) is 31.4 Å². The van der Waals surface area contributed by atoms with Crippen LogP contribution in [0.1, 0.15) is 25.7 Å². The summed E-state index contributed by atoms with van der Waals surface area (Å²) >= 11 is 5.70. The van der Waals surface area contributed by atoms with E-state index in [1.165, 1.54) is 0 Å². The number of anilines is 1. The quantitative estimate of drug-likeness (QED) is 0.815. The smallest absolute Gasteiger partial charge is 0.306 e. The molecule has 17 heavy (non-hydrogen) atoms. The summed E-state index contributed by atoms with van der Waals surface area (Å²) < 4.78 is 0. The SMILES string of the molecule is O=C(O)C1CCC(Nc2ccc(Cl)nc2)CC1. The fraction of sp³-hybridized carbons (Fsp3) is 0.500. The number of halogens is 1. The Morgan fingerprint density at radius 1 is 1.35 bits per heavy atom. The van der Waals surface area contributed by atoms with Crippen LogP contribution in [0.15, 0.2) is 18.3 Å². The molecule has 0 amide bonds.